The highest BCUT2D eigenvalue weighted by atomic mass is 32.2. The number of rotatable bonds is 2. The summed E-state index contributed by atoms with van der Waals surface area (Å²) in [5.74, 6) is -0.00148. The lowest BCUT2D eigenvalue weighted by Crippen LogP contribution is -2.01. The predicted octanol–water partition coefficient (Wildman–Crippen LogP) is 0.956. The molecular formula is C8H10NO2S-. The maximum atomic E-state index is 10.4. The minimum Gasteiger partial charge on any atom is -0.772 e. The fourth-order valence-corrected chi connectivity index (χ4v) is 1.67. The third-order valence-corrected chi connectivity index (χ3v) is 2.23. The van der Waals surface area contributed by atoms with E-state index >= 15 is 0 Å². The van der Waals surface area contributed by atoms with Gasteiger partial charge in [0.1, 0.15) is 0 Å². The second kappa shape index (κ2) is 3.69. The van der Waals surface area contributed by atoms with Crippen LogP contribution in [0.25, 0.3) is 0 Å². The Balaban J connectivity index is 3.04. The van der Waals surface area contributed by atoms with Gasteiger partial charge in [-0.3, -0.25) is 4.21 Å². The first kappa shape index (κ1) is 9.22. The number of hydrogen-bond donors (Lipinski definition) is 1. The third kappa shape index (κ3) is 2.06. The van der Waals surface area contributed by atoms with Crippen molar-refractivity contribution in [3.05, 3.63) is 29.3 Å². The standard InChI is InChI=1S/C8H11NO2S/c1-6-3-2-4-8(9)7(6)5-12(10)11/h2-4H,5,9H2,1H3,(H,10,11)/p-1. The van der Waals surface area contributed by atoms with Crippen LogP contribution in [0.5, 0.6) is 0 Å². The molecule has 0 aliphatic carbocycles. The summed E-state index contributed by atoms with van der Waals surface area (Å²) in [6.45, 7) is 1.85. The van der Waals surface area contributed by atoms with Crippen molar-refractivity contribution in [2.45, 2.75) is 12.7 Å². The van der Waals surface area contributed by atoms with Gasteiger partial charge in [-0.15, -0.1) is 0 Å². The van der Waals surface area contributed by atoms with Crippen LogP contribution in [0.3, 0.4) is 0 Å². The van der Waals surface area contributed by atoms with Gasteiger partial charge >= 0.3 is 0 Å². The zero-order valence-electron chi connectivity index (χ0n) is 6.74. The second-order valence-corrected chi connectivity index (χ2v) is 3.49. The van der Waals surface area contributed by atoms with E-state index in [2.05, 4.69) is 0 Å². The molecule has 3 nitrogen and oxygen atoms in total. The van der Waals surface area contributed by atoms with Crippen LogP contribution in [0, 0.1) is 6.92 Å². The predicted molar refractivity (Wildman–Crippen MR) is 48.2 cm³/mol. The zero-order chi connectivity index (χ0) is 9.14. The van der Waals surface area contributed by atoms with Crippen LogP contribution in [0.4, 0.5) is 5.69 Å². The smallest absolute Gasteiger partial charge is 0.0376 e. The highest BCUT2D eigenvalue weighted by molar-refractivity contribution is 7.78. The highest BCUT2D eigenvalue weighted by Gasteiger charge is 2.01. The lowest BCUT2D eigenvalue weighted by atomic mass is 10.1. The van der Waals surface area contributed by atoms with Crippen LogP contribution >= 0.6 is 0 Å². The van der Waals surface area contributed by atoms with E-state index in [9.17, 15) is 8.76 Å². The molecule has 1 atom stereocenters. The second-order valence-electron chi connectivity index (χ2n) is 2.59. The van der Waals surface area contributed by atoms with Crippen LogP contribution < -0.4 is 5.73 Å². The van der Waals surface area contributed by atoms with Crippen molar-refractivity contribution in [2.75, 3.05) is 5.73 Å². The molecule has 0 fully saturated rings. The summed E-state index contributed by atoms with van der Waals surface area (Å²) >= 11 is -2.07. The number of nitrogen functional groups attached to an aromatic ring is 1. The molecule has 0 spiro atoms. The van der Waals surface area contributed by atoms with Crippen LogP contribution in [-0.4, -0.2) is 8.76 Å². The van der Waals surface area contributed by atoms with E-state index < -0.39 is 11.1 Å². The molecule has 0 amide bonds. The number of hydrogen-bond acceptors (Lipinski definition) is 3. The van der Waals surface area contributed by atoms with Crippen molar-refractivity contribution in [2.24, 2.45) is 0 Å². The number of benzene rings is 1. The molecule has 0 aliphatic rings. The minimum absolute atomic E-state index is 0.00148. The molecule has 1 rings (SSSR count). The molecule has 0 saturated heterocycles. The fourth-order valence-electron chi connectivity index (χ4n) is 1.04. The van der Waals surface area contributed by atoms with Crippen molar-refractivity contribution in [3.8, 4) is 0 Å². The summed E-state index contributed by atoms with van der Waals surface area (Å²) in [5, 5.41) is 0. The molecule has 1 unspecified atom stereocenters. The Morgan fingerprint density at radius 3 is 2.75 bits per heavy atom. The van der Waals surface area contributed by atoms with Gasteiger partial charge in [-0.2, -0.15) is 0 Å². The Kier molecular flexibility index (Phi) is 2.83. The molecule has 0 heterocycles. The minimum atomic E-state index is -2.07. The fraction of sp³-hybridized carbons (Fsp3) is 0.250. The van der Waals surface area contributed by atoms with Crippen molar-refractivity contribution in [1.82, 2.24) is 0 Å². The Morgan fingerprint density at radius 2 is 2.25 bits per heavy atom. The highest BCUT2D eigenvalue weighted by Crippen LogP contribution is 2.17. The van der Waals surface area contributed by atoms with Crippen LogP contribution in [0.2, 0.25) is 0 Å². The molecule has 1 aromatic carbocycles. The van der Waals surface area contributed by atoms with Gasteiger partial charge in [-0.1, -0.05) is 23.2 Å². The summed E-state index contributed by atoms with van der Waals surface area (Å²) in [6, 6.07) is 5.36. The number of aryl methyl sites for hydroxylation is 1. The van der Waals surface area contributed by atoms with Crippen molar-refractivity contribution in [3.63, 3.8) is 0 Å². The quantitative estimate of drug-likeness (QED) is 0.550. The molecular weight excluding hydrogens is 174 g/mol. The molecule has 12 heavy (non-hydrogen) atoms. The topological polar surface area (TPSA) is 66.2 Å². The van der Waals surface area contributed by atoms with Crippen LogP contribution in [-0.2, 0) is 16.8 Å². The summed E-state index contributed by atoms with van der Waals surface area (Å²) in [7, 11) is 0. The molecule has 4 heteroatoms. The molecule has 66 valence electrons. The SMILES string of the molecule is Cc1cccc(N)c1CS(=O)[O-]. The summed E-state index contributed by atoms with van der Waals surface area (Å²) < 4.78 is 20.8. The lowest BCUT2D eigenvalue weighted by molar-refractivity contribution is 0.536. The van der Waals surface area contributed by atoms with E-state index in [1.54, 1.807) is 6.07 Å². The monoisotopic (exact) mass is 184 g/mol. The zero-order valence-corrected chi connectivity index (χ0v) is 7.56. The number of anilines is 1. The maximum absolute atomic E-state index is 10.4. The van der Waals surface area contributed by atoms with Crippen molar-refractivity contribution in [1.29, 1.82) is 0 Å². The summed E-state index contributed by atoms with van der Waals surface area (Å²) in [4.78, 5) is 0. The summed E-state index contributed by atoms with van der Waals surface area (Å²) in [5.41, 5.74) is 7.75. The largest absolute Gasteiger partial charge is 0.772 e. The normalized spacial score (nSPS) is 12.8. The van der Waals surface area contributed by atoms with Gasteiger partial charge < -0.3 is 10.3 Å². The van der Waals surface area contributed by atoms with Crippen LogP contribution in [0.1, 0.15) is 11.1 Å². The third-order valence-electron chi connectivity index (χ3n) is 1.71. The van der Waals surface area contributed by atoms with Gasteiger partial charge in [-0.25, -0.2) is 0 Å². The first-order valence-electron chi connectivity index (χ1n) is 3.51. The van der Waals surface area contributed by atoms with E-state index in [4.69, 9.17) is 5.73 Å². The maximum Gasteiger partial charge on any atom is 0.0376 e. The van der Waals surface area contributed by atoms with E-state index in [0.717, 1.165) is 5.56 Å². The molecule has 0 bridgehead atoms. The van der Waals surface area contributed by atoms with E-state index in [1.165, 1.54) is 0 Å². The van der Waals surface area contributed by atoms with E-state index in [-0.39, 0.29) is 5.75 Å². The van der Waals surface area contributed by atoms with Gasteiger partial charge in [0.05, 0.1) is 0 Å². The Morgan fingerprint density at radius 1 is 1.58 bits per heavy atom. The van der Waals surface area contributed by atoms with Crippen LogP contribution in [0.15, 0.2) is 18.2 Å². The Hall–Kier alpha value is -0.870. The molecule has 2 N–H and O–H groups in total. The summed E-state index contributed by atoms with van der Waals surface area (Å²) in [6.07, 6.45) is 0. The average Bonchev–Trinajstić information content (AvgIpc) is 1.97. The first-order valence-corrected chi connectivity index (χ1v) is 4.75. The Bertz CT molecular complexity index is 292. The molecule has 1 aromatic rings. The number of nitrogens with two attached hydrogens (primary N) is 1. The van der Waals surface area contributed by atoms with Gasteiger partial charge in [0, 0.05) is 11.4 Å². The van der Waals surface area contributed by atoms with Gasteiger partial charge in [0.25, 0.3) is 0 Å². The first-order chi connectivity index (χ1) is 5.61. The van der Waals surface area contributed by atoms with E-state index in [1.807, 2.05) is 19.1 Å². The molecule has 0 radical (unpaired) electrons. The Labute approximate surface area is 73.9 Å². The molecule has 0 aliphatic heterocycles. The van der Waals surface area contributed by atoms with Gasteiger partial charge in [-0.05, 0) is 24.1 Å². The molecule has 0 aromatic heterocycles. The van der Waals surface area contributed by atoms with Crippen molar-refractivity contribution < 1.29 is 8.76 Å². The lowest BCUT2D eigenvalue weighted by Gasteiger charge is -2.10. The van der Waals surface area contributed by atoms with E-state index in [0.29, 0.717) is 11.3 Å². The van der Waals surface area contributed by atoms with Gasteiger partial charge in [0.15, 0.2) is 0 Å². The van der Waals surface area contributed by atoms with Crippen molar-refractivity contribution >= 4 is 16.8 Å². The molecule has 0 saturated carbocycles. The van der Waals surface area contributed by atoms with Gasteiger partial charge in [0.2, 0.25) is 0 Å². The average molecular weight is 184 g/mol.